The van der Waals surface area contributed by atoms with Crippen molar-refractivity contribution in [2.45, 2.75) is 12.5 Å². The number of benzene rings is 2. The van der Waals surface area contributed by atoms with E-state index in [1.54, 1.807) is 0 Å². The van der Waals surface area contributed by atoms with Crippen LogP contribution in [0.4, 0.5) is 0 Å². The largest absolute Gasteiger partial charge is 0.508 e. The number of aliphatic hydroxyl groups excluding tert-OH is 1. The zero-order chi connectivity index (χ0) is 16.2. The maximum absolute atomic E-state index is 11.5. The van der Waals surface area contributed by atoms with Crippen molar-refractivity contribution in [3.05, 3.63) is 63.3 Å². The van der Waals surface area contributed by atoms with Crippen molar-refractivity contribution in [3.63, 3.8) is 0 Å². The predicted octanol–water partition coefficient (Wildman–Crippen LogP) is 2.16. The molecule has 1 heterocycles. The molecule has 0 aliphatic rings. The average molecular weight is 330 g/mol. The number of H-pyrrole nitrogens is 1. The molecule has 5 nitrogen and oxygen atoms in total. The topological polar surface area (TPSA) is 85.4 Å². The van der Waals surface area contributed by atoms with Crippen LogP contribution in [0.2, 0.25) is 0 Å². The first kappa shape index (κ1) is 15.7. The summed E-state index contributed by atoms with van der Waals surface area (Å²) in [6.07, 6.45) is 0.0901. The normalized spacial score (nSPS) is 12.6. The number of phenols is 1. The van der Waals surface area contributed by atoms with Crippen molar-refractivity contribution in [3.8, 4) is 5.75 Å². The summed E-state index contributed by atoms with van der Waals surface area (Å²) in [5, 5.41) is 23.3. The molecule has 0 bridgehead atoms. The molecular formula is C17H18N2O3S. The molecule has 0 saturated carbocycles. The third-order valence-corrected chi connectivity index (χ3v) is 4.61. The number of fused-ring (bicyclic) bond motifs is 1. The van der Waals surface area contributed by atoms with Crippen LogP contribution in [0.15, 0.2) is 47.3 Å². The van der Waals surface area contributed by atoms with Crippen LogP contribution < -0.4 is 10.2 Å². The van der Waals surface area contributed by atoms with Crippen molar-refractivity contribution < 1.29 is 10.2 Å². The molecule has 0 saturated heterocycles. The average Bonchev–Trinajstić information content (AvgIpc) is 2.91. The summed E-state index contributed by atoms with van der Waals surface area (Å²) in [4.78, 5) is 13.9. The second-order valence-electron chi connectivity index (χ2n) is 5.38. The second-order valence-corrected chi connectivity index (χ2v) is 6.36. The fourth-order valence-corrected chi connectivity index (χ4v) is 3.42. The molecule has 1 aromatic heterocycles. The van der Waals surface area contributed by atoms with Crippen LogP contribution in [-0.4, -0.2) is 28.3 Å². The zero-order valence-corrected chi connectivity index (χ0v) is 13.3. The number of phenolic OH excluding ortho intramolecular Hbond substituents is 1. The first-order valence-corrected chi connectivity index (χ1v) is 8.23. The second kappa shape index (κ2) is 6.95. The van der Waals surface area contributed by atoms with Gasteiger partial charge in [0.05, 0.1) is 16.3 Å². The van der Waals surface area contributed by atoms with E-state index in [1.165, 1.54) is 17.7 Å². The van der Waals surface area contributed by atoms with E-state index in [2.05, 4.69) is 22.4 Å². The third kappa shape index (κ3) is 3.79. The molecule has 0 amide bonds. The van der Waals surface area contributed by atoms with Gasteiger partial charge in [0.15, 0.2) is 0 Å². The molecule has 3 rings (SSSR count). The van der Waals surface area contributed by atoms with Gasteiger partial charge >= 0.3 is 4.87 Å². The number of aromatic amines is 1. The summed E-state index contributed by atoms with van der Waals surface area (Å²) in [6.45, 7) is 1.10. The van der Waals surface area contributed by atoms with Crippen molar-refractivity contribution in [2.75, 3.05) is 13.1 Å². The highest BCUT2D eigenvalue weighted by molar-refractivity contribution is 7.16. The molecule has 0 radical (unpaired) electrons. The van der Waals surface area contributed by atoms with Crippen molar-refractivity contribution in [1.82, 2.24) is 10.3 Å². The molecule has 23 heavy (non-hydrogen) atoms. The van der Waals surface area contributed by atoms with E-state index >= 15 is 0 Å². The molecule has 4 N–H and O–H groups in total. The van der Waals surface area contributed by atoms with E-state index in [0.29, 0.717) is 22.3 Å². The lowest BCUT2D eigenvalue weighted by atomic mass is 10.1. The van der Waals surface area contributed by atoms with Crippen LogP contribution in [0, 0.1) is 0 Å². The Balaban J connectivity index is 1.64. The molecule has 0 spiro atoms. The predicted molar refractivity (Wildman–Crippen MR) is 92.1 cm³/mol. The minimum absolute atomic E-state index is 0.0323. The number of hydrogen-bond donors (Lipinski definition) is 4. The Bertz CT molecular complexity index is 842. The molecule has 1 atom stereocenters. The van der Waals surface area contributed by atoms with Gasteiger partial charge in [-0.1, -0.05) is 41.7 Å². The first-order valence-electron chi connectivity index (χ1n) is 7.42. The summed E-state index contributed by atoms with van der Waals surface area (Å²) in [5.74, 6) is 0.0323. The van der Waals surface area contributed by atoms with Crippen LogP contribution >= 0.6 is 11.3 Å². The minimum atomic E-state index is -0.785. The summed E-state index contributed by atoms with van der Waals surface area (Å²) in [6, 6.07) is 13.1. The smallest absolute Gasteiger partial charge is 0.305 e. The molecule has 1 unspecified atom stereocenters. The Morgan fingerprint density at radius 3 is 2.78 bits per heavy atom. The zero-order valence-electron chi connectivity index (χ0n) is 12.5. The monoisotopic (exact) mass is 330 g/mol. The fourth-order valence-electron chi connectivity index (χ4n) is 2.54. The first-order chi connectivity index (χ1) is 11.1. The van der Waals surface area contributed by atoms with Gasteiger partial charge in [-0.05, 0) is 24.6 Å². The van der Waals surface area contributed by atoms with E-state index < -0.39 is 6.10 Å². The lowest BCUT2D eigenvalue weighted by molar-refractivity contribution is 0.176. The quantitative estimate of drug-likeness (QED) is 0.522. The highest BCUT2D eigenvalue weighted by atomic mass is 32.1. The Labute approximate surface area is 137 Å². The van der Waals surface area contributed by atoms with Crippen LogP contribution in [0.5, 0.6) is 5.75 Å². The molecule has 0 aliphatic carbocycles. The van der Waals surface area contributed by atoms with Gasteiger partial charge in [0.1, 0.15) is 5.75 Å². The molecule has 2 aromatic carbocycles. The van der Waals surface area contributed by atoms with Crippen LogP contribution in [0.1, 0.15) is 17.2 Å². The molecule has 6 heteroatoms. The Morgan fingerprint density at radius 1 is 1.22 bits per heavy atom. The number of thiazole rings is 1. The molecule has 0 fully saturated rings. The lowest BCUT2D eigenvalue weighted by Crippen LogP contribution is -2.23. The highest BCUT2D eigenvalue weighted by Crippen LogP contribution is 2.29. The van der Waals surface area contributed by atoms with Gasteiger partial charge in [-0.2, -0.15) is 0 Å². The Kier molecular flexibility index (Phi) is 4.76. The van der Waals surface area contributed by atoms with Gasteiger partial charge < -0.3 is 20.5 Å². The molecular weight excluding hydrogens is 312 g/mol. The molecule has 120 valence electrons. The Hall–Kier alpha value is -2.15. The van der Waals surface area contributed by atoms with Gasteiger partial charge in [-0.3, -0.25) is 4.79 Å². The number of aromatic nitrogens is 1. The summed E-state index contributed by atoms with van der Waals surface area (Å²) in [7, 11) is 0. The van der Waals surface area contributed by atoms with E-state index in [4.69, 9.17) is 0 Å². The number of nitrogens with one attached hydrogen (secondary N) is 2. The number of aliphatic hydroxyl groups is 1. The molecule has 0 aliphatic heterocycles. The van der Waals surface area contributed by atoms with Crippen molar-refractivity contribution in [1.29, 1.82) is 0 Å². The number of aromatic hydroxyl groups is 1. The standard InChI is InChI=1S/C17H18N2O3S/c20-12-8-13(16-14(9-12)19-17(22)23-16)15(21)10-18-7-6-11-4-2-1-3-5-11/h1-5,8-9,15,18,20-21H,6-7,10H2,(H,19,22). The van der Waals surface area contributed by atoms with Crippen molar-refractivity contribution >= 4 is 21.6 Å². The van der Waals surface area contributed by atoms with E-state index in [0.717, 1.165) is 24.3 Å². The third-order valence-electron chi connectivity index (χ3n) is 3.66. The van der Waals surface area contributed by atoms with Gasteiger partial charge in [0.25, 0.3) is 0 Å². The number of rotatable bonds is 6. The maximum atomic E-state index is 11.5. The molecule has 3 aromatic rings. The van der Waals surface area contributed by atoms with Gasteiger partial charge in [0, 0.05) is 18.2 Å². The minimum Gasteiger partial charge on any atom is -0.508 e. The maximum Gasteiger partial charge on any atom is 0.305 e. The van der Waals surface area contributed by atoms with Crippen molar-refractivity contribution in [2.24, 2.45) is 0 Å². The van der Waals surface area contributed by atoms with E-state index in [9.17, 15) is 15.0 Å². The highest BCUT2D eigenvalue weighted by Gasteiger charge is 2.15. The number of hydrogen-bond acceptors (Lipinski definition) is 5. The lowest BCUT2D eigenvalue weighted by Gasteiger charge is -2.13. The van der Waals surface area contributed by atoms with Gasteiger partial charge in [-0.25, -0.2) is 0 Å². The summed E-state index contributed by atoms with van der Waals surface area (Å²) < 4.78 is 0.685. The van der Waals surface area contributed by atoms with Gasteiger partial charge in [-0.15, -0.1) is 0 Å². The Morgan fingerprint density at radius 2 is 2.00 bits per heavy atom. The SMILES string of the molecule is O=c1[nH]c2cc(O)cc(C(O)CNCCc3ccccc3)c2s1. The summed E-state index contributed by atoms with van der Waals surface area (Å²) in [5.41, 5.74) is 2.35. The van der Waals surface area contributed by atoms with Crippen LogP contribution in [-0.2, 0) is 6.42 Å². The van der Waals surface area contributed by atoms with Gasteiger partial charge in [0.2, 0.25) is 0 Å². The van der Waals surface area contributed by atoms with E-state index in [1.807, 2.05) is 18.2 Å². The summed E-state index contributed by atoms with van der Waals surface area (Å²) >= 11 is 1.04. The van der Waals surface area contributed by atoms with Crippen LogP contribution in [0.3, 0.4) is 0 Å². The van der Waals surface area contributed by atoms with E-state index in [-0.39, 0.29) is 10.6 Å². The van der Waals surface area contributed by atoms with Crippen LogP contribution in [0.25, 0.3) is 10.2 Å². The fraction of sp³-hybridized carbons (Fsp3) is 0.235.